The van der Waals surface area contributed by atoms with Crippen molar-refractivity contribution in [3.63, 3.8) is 0 Å². The van der Waals surface area contributed by atoms with E-state index in [9.17, 15) is 0 Å². The Labute approximate surface area is 70.5 Å². The van der Waals surface area contributed by atoms with Crippen LogP contribution in [0, 0.1) is 4.77 Å². The van der Waals surface area contributed by atoms with E-state index < -0.39 is 0 Å². The third kappa shape index (κ3) is 2.19. The summed E-state index contributed by atoms with van der Waals surface area (Å²) < 4.78 is 0.684. The van der Waals surface area contributed by atoms with Crippen LogP contribution < -0.4 is 0 Å². The van der Waals surface area contributed by atoms with Crippen LogP contribution in [-0.2, 0) is 6.42 Å². The minimum Gasteiger partial charge on any atom is -0.337 e. The molecule has 0 aromatic carbocycles. The van der Waals surface area contributed by atoms with Crippen molar-refractivity contribution in [2.24, 2.45) is 0 Å². The molecule has 1 heterocycles. The maximum Gasteiger partial charge on any atom is 0.174 e. The molecular formula is C6H10N2S2. The molecular weight excluding hydrogens is 164 g/mol. The topological polar surface area (TPSA) is 31.6 Å². The van der Waals surface area contributed by atoms with E-state index in [-0.39, 0.29) is 0 Å². The highest BCUT2D eigenvalue weighted by Gasteiger charge is 1.97. The second-order valence-electron chi connectivity index (χ2n) is 2.32. The second-order valence-corrected chi connectivity index (χ2v) is 3.61. The first-order valence-corrected chi connectivity index (χ1v) is 4.05. The Morgan fingerprint density at radius 2 is 2.50 bits per heavy atom. The molecule has 0 aliphatic heterocycles. The van der Waals surface area contributed by atoms with Gasteiger partial charge >= 0.3 is 0 Å². The molecule has 0 radical (unpaired) electrons. The van der Waals surface area contributed by atoms with Gasteiger partial charge in [0, 0.05) is 23.6 Å². The van der Waals surface area contributed by atoms with Crippen LogP contribution >= 0.6 is 24.8 Å². The van der Waals surface area contributed by atoms with E-state index >= 15 is 0 Å². The van der Waals surface area contributed by atoms with Crippen molar-refractivity contribution in [2.45, 2.75) is 18.6 Å². The van der Waals surface area contributed by atoms with Crippen LogP contribution in [0.4, 0.5) is 0 Å². The van der Waals surface area contributed by atoms with Crippen molar-refractivity contribution in [1.29, 1.82) is 0 Å². The van der Waals surface area contributed by atoms with Crippen molar-refractivity contribution in [2.75, 3.05) is 0 Å². The summed E-state index contributed by atoms with van der Waals surface area (Å²) in [5.41, 5.74) is 1.12. The Morgan fingerprint density at radius 3 is 2.90 bits per heavy atom. The second kappa shape index (κ2) is 3.25. The Hall–Kier alpha value is -0.220. The molecule has 0 fully saturated rings. The van der Waals surface area contributed by atoms with Crippen LogP contribution in [0.25, 0.3) is 0 Å². The highest BCUT2D eigenvalue weighted by Crippen LogP contribution is 2.02. The van der Waals surface area contributed by atoms with Crippen LogP contribution in [0.3, 0.4) is 0 Å². The van der Waals surface area contributed by atoms with E-state index in [0.717, 1.165) is 12.1 Å². The minimum absolute atomic E-state index is 0.376. The maximum absolute atomic E-state index is 4.85. The molecule has 2 nitrogen and oxygen atoms in total. The van der Waals surface area contributed by atoms with Crippen molar-refractivity contribution in [3.8, 4) is 0 Å². The number of H-pyrrole nitrogens is 2. The third-order valence-corrected chi connectivity index (χ3v) is 1.57. The molecule has 2 N–H and O–H groups in total. The van der Waals surface area contributed by atoms with Crippen molar-refractivity contribution in [3.05, 3.63) is 16.7 Å². The first kappa shape index (κ1) is 7.88. The Kier molecular flexibility index (Phi) is 2.56. The van der Waals surface area contributed by atoms with Gasteiger partial charge < -0.3 is 9.97 Å². The lowest BCUT2D eigenvalue weighted by Crippen LogP contribution is -1.96. The molecule has 0 saturated heterocycles. The summed E-state index contributed by atoms with van der Waals surface area (Å²) in [5, 5.41) is 0.376. The number of aromatic nitrogens is 2. The molecule has 10 heavy (non-hydrogen) atoms. The number of aromatic amines is 2. The number of hydrogen-bond donors (Lipinski definition) is 3. The van der Waals surface area contributed by atoms with Gasteiger partial charge in [-0.3, -0.25) is 0 Å². The normalized spacial score (nSPS) is 13.4. The summed E-state index contributed by atoms with van der Waals surface area (Å²) in [4.78, 5) is 5.92. The lowest BCUT2D eigenvalue weighted by molar-refractivity contribution is 0.916. The van der Waals surface area contributed by atoms with Gasteiger partial charge in [0.05, 0.1) is 0 Å². The molecule has 0 aliphatic rings. The summed E-state index contributed by atoms with van der Waals surface area (Å²) >= 11 is 9.10. The van der Waals surface area contributed by atoms with Crippen LogP contribution in [0.2, 0.25) is 0 Å². The monoisotopic (exact) mass is 174 g/mol. The average Bonchev–Trinajstić information content (AvgIpc) is 2.13. The SMILES string of the molecule is CC(S)Cc1c[nH]c(=S)[nH]1. The molecule has 0 saturated carbocycles. The number of imidazole rings is 1. The van der Waals surface area contributed by atoms with E-state index in [1.165, 1.54) is 0 Å². The van der Waals surface area contributed by atoms with Crippen LogP contribution in [0.5, 0.6) is 0 Å². The Morgan fingerprint density at radius 1 is 1.80 bits per heavy atom. The summed E-state index contributed by atoms with van der Waals surface area (Å²) in [5.74, 6) is 0. The fraction of sp³-hybridized carbons (Fsp3) is 0.500. The minimum atomic E-state index is 0.376. The number of rotatable bonds is 2. The predicted molar refractivity (Wildman–Crippen MR) is 48.1 cm³/mol. The van der Waals surface area contributed by atoms with Gasteiger partial charge in [0.25, 0.3) is 0 Å². The molecule has 0 aliphatic carbocycles. The molecule has 0 spiro atoms. The van der Waals surface area contributed by atoms with E-state index in [1.54, 1.807) is 0 Å². The van der Waals surface area contributed by atoms with Crippen LogP contribution in [0.1, 0.15) is 12.6 Å². The zero-order valence-electron chi connectivity index (χ0n) is 5.72. The van der Waals surface area contributed by atoms with Crippen molar-refractivity contribution >= 4 is 24.8 Å². The standard InChI is InChI=1S/C6H10N2S2/c1-4(9)2-5-3-7-6(10)8-5/h3-4,9H,2H2,1H3,(H2,7,8,10). The molecule has 0 bridgehead atoms. The van der Waals surface area contributed by atoms with Gasteiger partial charge in [-0.1, -0.05) is 6.92 Å². The Balaban J connectivity index is 2.67. The smallest absolute Gasteiger partial charge is 0.174 e. The van der Waals surface area contributed by atoms with Gasteiger partial charge in [0.2, 0.25) is 0 Å². The molecule has 0 amide bonds. The van der Waals surface area contributed by atoms with Gasteiger partial charge in [0.15, 0.2) is 4.77 Å². The maximum atomic E-state index is 4.85. The van der Waals surface area contributed by atoms with Gasteiger partial charge in [-0.25, -0.2) is 0 Å². The van der Waals surface area contributed by atoms with E-state index in [1.807, 2.05) is 13.1 Å². The fourth-order valence-electron chi connectivity index (χ4n) is 0.799. The molecule has 1 atom stereocenters. The number of thiol groups is 1. The molecule has 1 rings (SSSR count). The van der Waals surface area contributed by atoms with Gasteiger partial charge in [-0.2, -0.15) is 12.6 Å². The summed E-state index contributed by atoms with van der Waals surface area (Å²) in [7, 11) is 0. The van der Waals surface area contributed by atoms with Crippen LogP contribution in [0.15, 0.2) is 6.20 Å². The van der Waals surface area contributed by atoms with Gasteiger partial charge in [0.1, 0.15) is 0 Å². The summed E-state index contributed by atoms with van der Waals surface area (Å²) in [6, 6.07) is 0. The van der Waals surface area contributed by atoms with Crippen LogP contribution in [-0.4, -0.2) is 15.2 Å². The molecule has 1 aromatic heterocycles. The third-order valence-electron chi connectivity index (χ3n) is 1.17. The average molecular weight is 174 g/mol. The van der Waals surface area contributed by atoms with E-state index in [4.69, 9.17) is 12.2 Å². The van der Waals surface area contributed by atoms with E-state index in [0.29, 0.717) is 10.0 Å². The quantitative estimate of drug-likeness (QED) is 0.464. The first-order chi connectivity index (χ1) is 4.68. The van der Waals surface area contributed by atoms with E-state index in [2.05, 4.69) is 22.6 Å². The number of hydrogen-bond acceptors (Lipinski definition) is 2. The summed E-state index contributed by atoms with van der Waals surface area (Å²) in [6.07, 6.45) is 2.81. The highest BCUT2D eigenvalue weighted by atomic mass is 32.1. The lowest BCUT2D eigenvalue weighted by atomic mass is 10.3. The molecule has 4 heteroatoms. The van der Waals surface area contributed by atoms with Gasteiger partial charge in [-0.15, -0.1) is 0 Å². The van der Waals surface area contributed by atoms with Crippen molar-refractivity contribution in [1.82, 2.24) is 9.97 Å². The summed E-state index contributed by atoms with van der Waals surface area (Å²) in [6.45, 7) is 2.05. The van der Waals surface area contributed by atoms with Gasteiger partial charge in [-0.05, 0) is 12.2 Å². The lowest BCUT2D eigenvalue weighted by Gasteiger charge is -1.98. The highest BCUT2D eigenvalue weighted by molar-refractivity contribution is 7.80. The molecule has 1 aromatic rings. The zero-order chi connectivity index (χ0) is 7.56. The Bertz CT molecular complexity index is 248. The van der Waals surface area contributed by atoms with Crippen molar-refractivity contribution < 1.29 is 0 Å². The molecule has 56 valence electrons. The zero-order valence-corrected chi connectivity index (χ0v) is 7.43. The molecule has 1 unspecified atom stereocenters. The fourth-order valence-corrected chi connectivity index (χ4v) is 1.19. The number of nitrogens with one attached hydrogen (secondary N) is 2. The largest absolute Gasteiger partial charge is 0.337 e. The predicted octanol–water partition coefficient (Wildman–Crippen LogP) is 1.93. The first-order valence-electron chi connectivity index (χ1n) is 3.13.